The third-order valence-corrected chi connectivity index (χ3v) is 8.49. The Morgan fingerprint density at radius 3 is 2.51 bits per heavy atom. The number of aromatic nitrogens is 3. The molecule has 5 rings (SSSR count). The summed E-state index contributed by atoms with van der Waals surface area (Å²) in [6.07, 6.45) is 0.417. The third-order valence-electron chi connectivity index (χ3n) is 7.24. The number of halogens is 4. The number of amides is 1. The Kier molecular flexibility index (Phi) is 9.17. The van der Waals surface area contributed by atoms with Gasteiger partial charge in [0.2, 0.25) is 5.88 Å². The lowest BCUT2D eigenvalue weighted by molar-refractivity contribution is -0.194. The summed E-state index contributed by atoms with van der Waals surface area (Å²) in [5.74, 6) is 0.683. The molecule has 1 aliphatic carbocycles. The topological polar surface area (TPSA) is 72.3 Å². The minimum atomic E-state index is -4.28. The molecule has 0 radical (unpaired) electrons. The molecule has 7 nitrogen and oxygen atoms in total. The highest BCUT2D eigenvalue weighted by Gasteiger charge is 2.64. The van der Waals surface area contributed by atoms with Gasteiger partial charge in [-0.25, -0.2) is 14.1 Å². The van der Waals surface area contributed by atoms with Gasteiger partial charge in [0.05, 0.1) is 12.2 Å². The molecule has 1 fully saturated rings. The van der Waals surface area contributed by atoms with E-state index >= 15 is 0 Å². The number of alkyl halides is 3. The van der Waals surface area contributed by atoms with E-state index in [1.807, 2.05) is 0 Å². The molecule has 1 aromatic carbocycles. The number of hydrogen-bond donors (Lipinski definition) is 2. The molecule has 2 aromatic heterocycles. The van der Waals surface area contributed by atoms with Gasteiger partial charge in [-0.05, 0) is 69.7 Å². The lowest BCUT2D eigenvalue weighted by Gasteiger charge is -2.43. The number of ether oxygens (including phenoxy) is 1. The van der Waals surface area contributed by atoms with Crippen LogP contribution in [-0.2, 0) is 0 Å². The van der Waals surface area contributed by atoms with E-state index in [0.29, 0.717) is 34.0 Å². The molecular formula is C28H33F4N5O2S2. The number of thioether (sulfide) groups is 1. The van der Waals surface area contributed by atoms with Crippen molar-refractivity contribution in [2.45, 2.75) is 61.9 Å². The first-order chi connectivity index (χ1) is 19.2. The molecule has 222 valence electrons. The zero-order valence-corrected chi connectivity index (χ0v) is 24.9. The van der Waals surface area contributed by atoms with E-state index in [1.54, 1.807) is 42.2 Å². The van der Waals surface area contributed by atoms with Crippen molar-refractivity contribution >= 4 is 36.1 Å². The Balaban J connectivity index is 0.000000417. The van der Waals surface area contributed by atoms with E-state index in [9.17, 15) is 22.4 Å². The van der Waals surface area contributed by atoms with Crippen molar-refractivity contribution in [2.75, 3.05) is 24.4 Å². The highest BCUT2D eigenvalue weighted by Crippen LogP contribution is 2.57. The molecule has 1 saturated carbocycles. The van der Waals surface area contributed by atoms with Crippen LogP contribution in [0.25, 0.3) is 5.82 Å². The molecule has 2 aliphatic rings. The van der Waals surface area contributed by atoms with Gasteiger partial charge in [0.15, 0.2) is 5.82 Å². The van der Waals surface area contributed by atoms with Crippen LogP contribution in [0.15, 0.2) is 53.6 Å². The van der Waals surface area contributed by atoms with Gasteiger partial charge in [0.25, 0.3) is 5.91 Å². The van der Waals surface area contributed by atoms with Crippen molar-refractivity contribution < 1.29 is 27.1 Å². The molecule has 3 aromatic rings. The van der Waals surface area contributed by atoms with E-state index in [1.165, 1.54) is 22.9 Å². The first-order valence-corrected chi connectivity index (χ1v) is 14.8. The number of carbonyl (C=O) groups excluding carboxylic acids is 1. The minimum absolute atomic E-state index is 0.0758. The van der Waals surface area contributed by atoms with Gasteiger partial charge in [0, 0.05) is 27.9 Å². The monoisotopic (exact) mass is 611 g/mol. The molecular weight excluding hydrogens is 578 g/mol. The second-order valence-corrected chi connectivity index (χ2v) is 12.6. The second-order valence-electron chi connectivity index (χ2n) is 10.8. The minimum Gasteiger partial charge on any atom is -0.476 e. The Labute approximate surface area is 246 Å². The molecule has 1 aliphatic heterocycles. The lowest BCUT2D eigenvalue weighted by Crippen LogP contribution is -2.54. The van der Waals surface area contributed by atoms with Gasteiger partial charge < -0.3 is 15.0 Å². The van der Waals surface area contributed by atoms with Crippen LogP contribution in [-0.4, -0.2) is 57.2 Å². The van der Waals surface area contributed by atoms with Crippen LogP contribution in [0.3, 0.4) is 0 Å². The molecule has 1 amide bonds. The molecule has 13 heteroatoms. The van der Waals surface area contributed by atoms with E-state index in [4.69, 9.17) is 9.72 Å². The van der Waals surface area contributed by atoms with Gasteiger partial charge >= 0.3 is 6.18 Å². The van der Waals surface area contributed by atoms with Crippen molar-refractivity contribution in [3.8, 4) is 11.7 Å². The summed E-state index contributed by atoms with van der Waals surface area (Å²) in [6, 6.07) is 11.0. The molecule has 1 N–H and O–H groups in total. The number of rotatable bonds is 8. The smallest absolute Gasteiger partial charge is 0.397 e. The number of fused-ring (bicyclic) bond motifs is 1. The van der Waals surface area contributed by atoms with Crippen LogP contribution in [0.1, 0.15) is 50.4 Å². The number of anilines is 1. The predicted molar refractivity (Wildman–Crippen MR) is 155 cm³/mol. The fraction of sp³-hybridized carbons (Fsp3) is 0.464. The molecule has 0 spiro atoms. The molecule has 0 saturated heterocycles. The number of nitrogens with zero attached hydrogens (tertiary/aromatic N) is 4. The first kappa shape index (κ1) is 31.0. The molecule has 0 bridgehead atoms. The van der Waals surface area contributed by atoms with Crippen molar-refractivity contribution in [3.05, 3.63) is 60.0 Å². The summed E-state index contributed by atoms with van der Waals surface area (Å²) < 4.78 is 58.4. The number of pyridine rings is 1. The van der Waals surface area contributed by atoms with Crippen LogP contribution in [0.4, 0.5) is 23.4 Å². The Morgan fingerprint density at radius 2 is 1.93 bits per heavy atom. The van der Waals surface area contributed by atoms with Crippen LogP contribution in [0.2, 0.25) is 0 Å². The zero-order valence-electron chi connectivity index (χ0n) is 23.2. The van der Waals surface area contributed by atoms with Crippen LogP contribution in [0, 0.1) is 11.2 Å². The molecule has 41 heavy (non-hydrogen) atoms. The summed E-state index contributed by atoms with van der Waals surface area (Å²) in [4.78, 5) is 19.9. The van der Waals surface area contributed by atoms with Crippen LogP contribution >= 0.6 is 24.4 Å². The van der Waals surface area contributed by atoms with Crippen LogP contribution < -0.4 is 15.0 Å². The fourth-order valence-corrected chi connectivity index (χ4v) is 5.31. The lowest BCUT2D eigenvalue weighted by atomic mass is 9.95. The highest BCUT2D eigenvalue weighted by molar-refractivity contribution is 7.99. The number of hydrogen-bond acceptors (Lipinski definition) is 7. The SMILES string of the molecule is CSC(C)CC(C)(C)N1CNC(=O)c2ccc(-n3ccc(OCC4(C(F)(F)F)CC4)n3)nc21.Fc1cccc(S)c1. The predicted octanol–water partition coefficient (Wildman–Crippen LogP) is 6.53. The Morgan fingerprint density at radius 1 is 1.20 bits per heavy atom. The van der Waals surface area contributed by atoms with Crippen molar-refractivity contribution in [2.24, 2.45) is 5.41 Å². The van der Waals surface area contributed by atoms with Gasteiger partial charge in [0.1, 0.15) is 23.7 Å². The maximum absolute atomic E-state index is 13.1. The van der Waals surface area contributed by atoms with Gasteiger partial charge in [-0.2, -0.15) is 24.9 Å². The number of nitrogens with one attached hydrogen (secondary N) is 1. The number of thiol groups is 1. The summed E-state index contributed by atoms with van der Waals surface area (Å²) in [5, 5.41) is 7.57. The maximum Gasteiger partial charge on any atom is 0.397 e. The Bertz CT molecular complexity index is 1360. The second kappa shape index (κ2) is 12.1. The highest BCUT2D eigenvalue weighted by atomic mass is 32.2. The first-order valence-electron chi connectivity index (χ1n) is 13.0. The maximum atomic E-state index is 13.1. The van der Waals surface area contributed by atoms with E-state index in [0.717, 1.165) is 6.42 Å². The number of benzene rings is 1. The molecule has 3 heterocycles. The van der Waals surface area contributed by atoms with E-state index < -0.39 is 18.2 Å². The summed E-state index contributed by atoms with van der Waals surface area (Å²) in [6.45, 7) is 6.28. The van der Waals surface area contributed by atoms with Gasteiger partial charge in [-0.15, -0.1) is 17.7 Å². The number of carbonyl (C=O) groups is 1. The van der Waals surface area contributed by atoms with Gasteiger partial charge in [-0.3, -0.25) is 4.79 Å². The summed E-state index contributed by atoms with van der Waals surface area (Å²) >= 11 is 5.69. The standard InChI is InChI=1S/C22H28F3N5O2S.C6H5FS/c1-14(33-4)11-20(2,3)29-13-26-19(31)15-5-6-16(27-18(15)29)30-10-7-17(28-30)32-12-21(8-9-21)22(23,24)25;7-5-2-1-3-6(8)4-5/h5-7,10,14H,8-9,11-13H2,1-4H3,(H,26,31);1-4,8H. The van der Waals surface area contributed by atoms with E-state index in [2.05, 4.69) is 55.0 Å². The average molecular weight is 612 g/mol. The zero-order chi connectivity index (χ0) is 30.0. The van der Waals surface area contributed by atoms with Crippen molar-refractivity contribution in [3.63, 3.8) is 0 Å². The summed E-state index contributed by atoms with van der Waals surface area (Å²) in [5.41, 5.74) is -1.56. The van der Waals surface area contributed by atoms with Gasteiger partial charge in [-0.1, -0.05) is 13.0 Å². The Hall–Kier alpha value is -2.93. The quantitative estimate of drug-likeness (QED) is 0.223. The van der Waals surface area contributed by atoms with Crippen LogP contribution in [0.5, 0.6) is 5.88 Å². The fourth-order valence-electron chi connectivity index (χ4n) is 4.53. The molecule has 1 atom stereocenters. The van der Waals surface area contributed by atoms with Crippen molar-refractivity contribution in [1.29, 1.82) is 0 Å². The third kappa shape index (κ3) is 7.29. The normalized spacial score (nSPS) is 16.7. The average Bonchev–Trinajstić information content (AvgIpc) is 3.57. The summed E-state index contributed by atoms with van der Waals surface area (Å²) in [7, 11) is 0. The van der Waals surface area contributed by atoms with E-state index in [-0.39, 0.29) is 36.0 Å². The van der Waals surface area contributed by atoms with Crippen molar-refractivity contribution in [1.82, 2.24) is 20.1 Å². The largest absolute Gasteiger partial charge is 0.476 e. The molecule has 1 unspecified atom stereocenters.